The van der Waals surface area contributed by atoms with Gasteiger partial charge in [0.1, 0.15) is 11.9 Å². The average Bonchev–Trinajstić information content (AvgIpc) is 3.17. The van der Waals surface area contributed by atoms with Gasteiger partial charge in [0.05, 0.1) is 38.4 Å². The van der Waals surface area contributed by atoms with Gasteiger partial charge in [0, 0.05) is 31.1 Å². The van der Waals surface area contributed by atoms with E-state index >= 15 is 0 Å². The lowest BCUT2D eigenvalue weighted by Crippen LogP contribution is -2.56. The van der Waals surface area contributed by atoms with E-state index in [1.807, 2.05) is 16.8 Å². The number of quaternary nitrogens is 1. The number of carbonyl (C=O) groups excluding carboxylic acids is 1. The van der Waals surface area contributed by atoms with Crippen molar-refractivity contribution in [2.24, 2.45) is 0 Å². The molecule has 4 nitrogen and oxygen atoms in total. The Morgan fingerprint density at radius 3 is 2.44 bits per heavy atom. The van der Waals surface area contributed by atoms with Gasteiger partial charge in [0.25, 0.3) is 0 Å². The van der Waals surface area contributed by atoms with Crippen molar-refractivity contribution in [2.45, 2.75) is 50.4 Å². The van der Waals surface area contributed by atoms with Gasteiger partial charge in [-0.1, -0.05) is 12.1 Å². The molecule has 1 aromatic carbocycles. The Labute approximate surface area is 163 Å². The maximum atomic E-state index is 13.2. The van der Waals surface area contributed by atoms with Gasteiger partial charge in [0.2, 0.25) is 0 Å². The minimum Gasteiger partial charge on any atom is -0.445 e. The van der Waals surface area contributed by atoms with Crippen LogP contribution < -0.4 is 4.90 Å². The number of thiophene rings is 1. The van der Waals surface area contributed by atoms with E-state index in [4.69, 9.17) is 4.74 Å². The SMILES string of the molecule is C[N+]1(C)[C@@H]2CC[C@H]1CC(OC(=O)N(Cc1ccc(F)cc1)c1ccsc1)C2. The maximum Gasteiger partial charge on any atom is 0.414 e. The summed E-state index contributed by atoms with van der Waals surface area (Å²) < 4.78 is 20.2. The summed E-state index contributed by atoms with van der Waals surface area (Å²) in [6, 6.07) is 9.34. The number of piperidine rings is 1. The van der Waals surface area contributed by atoms with Crippen LogP contribution in [0, 0.1) is 5.82 Å². The lowest BCUT2D eigenvalue weighted by Gasteiger charge is -2.44. The lowest BCUT2D eigenvalue weighted by atomic mass is 9.98. The third-order valence-corrected chi connectivity index (χ3v) is 7.02. The predicted molar refractivity (Wildman–Crippen MR) is 105 cm³/mol. The molecule has 1 unspecified atom stereocenters. The van der Waals surface area contributed by atoms with Crippen LogP contribution in [-0.2, 0) is 11.3 Å². The van der Waals surface area contributed by atoms with E-state index in [9.17, 15) is 9.18 Å². The molecule has 0 spiro atoms. The van der Waals surface area contributed by atoms with E-state index in [0.29, 0.717) is 18.6 Å². The van der Waals surface area contributed by atoms with E-state index in [2.05, 4.69) is 14.1 Å². The highest BCUT2D eigenvalue weighted by atomic mass is 32.1. The Morgan fingerprint density at radius 2 is 1.85 bits per heavy atom. The number of carbonyl (C=O) groups is 1. The number of halogens is 1. The van der Waals surface area contributed by atoms with Crippen LogP contribution in [0.5, 0.6) is 0 Å². The van der Waals surface area contributed by atoms with Crippen LogP contribution in [0.1, 0.15) is 31.2 Å². The molecular weight excluding hydrogens is 363 g/mol. The number of hydrogen-bond acceptors (Lipinski definition) is 3. The Kier molecular flexibility index (Phi) is 4.95. The second kappa shape index (κ2) is 7.24. The highest BCUT2D eigenvalue weighted by molar-refractivity contribution is 7.08. The van der Waals surface area contributed by atoms with Crippen LogP contribution in [0.2, 0.25) is 0 Å². The molecule has 4 rings (SSSR count). The first-order valence-electron chi connectivity index (χ1n) is 9.51. The molecule has 2 saturated heterocycles. The monoisotopic (exact) mass is 389 g/mol. The molecule has 2 aromatic rings. The standard InChI is InChI=1S/C21H26FN2O2S/c1-24(2)18-7-8-19(24)12-20(11-18)26-21(25)23(17-9-10-27-14-17)13-15-3-5-16(22)6-4-15/h3-6,9-10,14,18-20H,7-8,11-13H2,1-2H3/q+1/t18-,19+,20?. The van der Waals surface area contributed by atoms with Crippen molar-refractivity contribution >= 4 is 23.1 Å². The van der Waals surface area contributed by atoms with Gasteiger partial charge in [-0.15, -0.1) is 0 Å². The first-order valence-corrected chi connectivity index (χ1v) is 10.5. The van der Waals surface area contributed by atoms with Crippen molar-refractivity contribution in [3.8, 4) is 0 Å². The Hall–Kier alpha value is -1.92. The Balaban J connectivity index is 1.47. The third kappa shape index (κ3) is 3.73. The third-order valence-electron chi connectivity index (χ3n) is 6.34. The van der Waals surface area contributed by atoms with E-state index in [0.717, 1.165) is 28.6 Å². The highest BCUT2D eigenvalue weighted by Gasteiger charge is 2.50. The lowest BCUT2D eigenvalue weighted by molar-refractivity contribution is -0.931. The van der Waals surface area contributed by atoms with Crippen molar-refractivity contribution in [1.82, 2.24) is 0 Å². The van der Waals surface area contributed by atoms with Crippen LogP contribution in [0.4, 0.5) is 14.9 Å². The molecule has 2 fully saturated rings. The summed E-state index contributed by atoms with van der Waals surface area (Å²) in [7, 11) is 4.60. The minimum absolute atomic E-state index is 0.0181. The Morgan fingerprint density at radius 1 is 1.19 bits per heavy atom. The molecule has 0 saturated carbocycles. The summed E-state index contributed by atoms with van der Waals surface area (Å²) in [5.41, 5.74) is 1.70. The number of ether oxygens (including phenoxy) is 1. The number of hydrogen-bond donors (Lipinski definition) is 0. The van der Waals surface area contributed by atoms with E-state index in [1.165, 1.54) is 25.0 Å². The molecule has 0 aliphatic carbocycles. The number of anilines is 1. The first-order chi connectivity index (χ1) is 12.9. The van der Waals surface area contributed by atoms with Gasteiger partial charge in [-0.2, -0.15) is 11.3 Å². The fraction of sp³-hybridized carbons (Fsp3) is 0.476. The Bertz CT molecular complexity index is 775. The fourth-order valence-corrected chi connectivity index (χ4v) is 5.22. The van der Waals surface area contributed by atoms with Gasteiger partial charge in [-0.05, 0) is 29.1 Å². The van der Waals surface area contributed by atoms with Crippen molar-refractivity contribution in [3.05, 3.63) is 52.5 Å². The van der Waals surface area contributed by atoms with Crippen LogP contribution in [0.25, 0.3) is 0 Å². The summed E-state index contributed by atoms with van der Waals surface area (Å²) >= 11 is 1.54. The molecule has 3 atom stereocenters. The van der Waals surface area contributed by atoms with Crippen LogP contribution >= 0.6 is 11.3 Å². The van der Waals surface area contributed by atoms with E-state index in [-0.39, 0.29) is 18.0 Å². The number of rotatable bonds is 4. The van der Waals surface area contributed by atoms with Gasteiger partial charge in [-0.25, -0.2) is 9.18 Å². The maximum absolute atomic E-state index is 13.2. The highest BCUT2D eigenvalue weighted by Crippen LogP contribution is 2.40. The van der Waals surface area contributed by atoms with E-state index < -0.39 is 0 Å². The summed E-state index contributed by atoms with van der Waals surface area (Å²) in [6.07, 6.45) is 3.97. The van der Waals surface area contributed by atoms with Crippen LogP contribution in [0.3, 0.4) is 0 Å². The first kappa shape index (κ1) is 18.4. The molecule has 2 aliphatic rings. The molecule has 3 heterocycles. The molecule has 0 radical (unpaired) electrons. The molecule has 144 valence electrons. The largest absolute Gasteiger partial charge is 0.445 e. The second-order valence-electron chi connectivity index (χ2n) is 8.19. The molecular formula is C21H26FN2O2S+. The molecule has 1 amide bonds. The molecule has 1 aromatic heterocycles. The van der Waals surface area contributed by atoms with Gasteiger partial charge >= 0.3 is 6.09 Å². The minimum atomic E-state index is -0.311. The van der Waals surface area contributed by atoms with Gasteiger partial charge in [0.15, 0.2) is 0 Å². The summed E-state index contributed by atoms with van der Waals surface area (Å²) in [4.78, 5) is 14.7. The number of amides is 1. The molecule has 2 bridgehead atoms. The summed E-state index contributed by atoms with van der Waals surface area (Å²) in [6.45, 7) is 0.372. The van der Waals surface area contributed by atoms with Crippen molar-refractivity contribution in [1.29, 1.82) is 0 Å². The fourth-order valence-electron chi connectivity index (χ4n) is 4.58. The number of fused-ring (bicyclic) bond motifs is 2. The summed E-state index contributed by atoms with van der Waals surface area (Å²) in [5, 5.41) is 3.89. The topological polar surface area (TPSA) is 29.5 Å². The van der Waals surface area contributed by atoms with E-state index in [1.54, 1.807) is 28.4 Å². The van der Waals surface area contributed by atoms with Crippen molar-refractivity contribution in [3.63, 3.8) is 0 Å². The molecule has 2 aliphatic heterocycles. The second-order valence-corrected chi connectivity index (χ2v) is 8.97. The van der Waals surface area contributed by atoms with Crippen molar-refractivity contribution < 1.29 is 18.4 Å². The zero-order valence-corrected chi connectivity index (χ0v) is 16.6. The zero-order chi connectivity index (χ0) is 19.0. The number of nitrogens with zero attached hydrogens (tertiary/aromatic N) is 2. The van der Waals surface area contributed by atoms with Crippen molar-refractivity contribution in [2.75, 3.05) is 19.0 Å². The van der Waals surface area contributed by atoms with Crippen LogP contribution in [-0.4, -0.2) is 42.9 Å². The molecule has 6 heteroatoms. The molecule has 27 heavy (non-hydrogen) atoms. The quantitative estimate of drug-likeness (QED) is 0.703. The van der Waals surface area contributed by atoms with Gasteiger partial charge < -0.3 is 9.22 Å². The smallest absolute Gasteiger partial charge is 0.414 e. The summed E-state index contributed by atoms with van der Waals surface area (Å²) in [5.74, 6) is -0.276. The average molecular weight is 390 g/mol. The zero-order valence-electron chi connectivity index (χ0n) is 15.8. The van der Waals surface area contributed by atoms with Crippen LogP contribution in [0.15, 0.2) is 41.1 Å². The molecule has 0 N–H and O–H groups in total. The number of benzene rings is 1. The van der Waals surface area contributed by atoms with Gasteiger partial charge in [-0.3, -0.25) is 4.90 Å². The predicted octanol–water partition coefficient (Wildman–Crippen LogP) is 4.80. The normalized spacial score (nSPS) is 26.0.